The lowest BCUT2D eigenvalue weighted by atomic mass is 10.0. The number of rotatable bonds is 8. The van der Waals surface area contributed by atoms with Crippen molar-refractivity contribution in [2.24, 2.45) is 7.05 Å². The fourth-order valence-electron chi connectivity index (χ4n) is 4.98. The molecular formula is C26H32FN9O2. The van der Waals surface area contributed by atoms with Crippen LogP contribution < -0.4 is 15.4 Å². The highest BCUT2D eigenvalue weighted by molar-refractivity contribution is 5.96. The SMILES string of the molecule is CCC(C(=O)Nc1nccc2c1CC=C2c1nc(Nc2cn(C)nc2OC)ncc1F)N1CCN(C)CC1. The Kier molecular flexibility index (Phi) is 7.34. The number of piperazine rings is 1. The maximum atomic E-state index is 15.0. The third-order valence-corrected chi connectivity index (χ3v) is 7.00. The van der Waals surface area contributed by atoms with Gasteiger partial charge in [0.25, 0.3) is 5.88 Å². The number of ether oxygens (including phenoxy) is 1. The van der Waals surface area contributed by atoms with Crippen LogP contribution >= 0.6 is 0 Å². The molecule has 2 aliphatic rings. The molecule has 0 aromatic carbocycles. The summed E-state index contributed by atoms with van der Waals surface area (Å²) in [7, 11) is 5.38. The second kappa shape index (κ2) is 10.8. The Bertz CT molecular complexity index is 1360. The third kappa shape index (κ3) is 5.09. The van der Waals surface area contributed by atoms with Crippen molar-refractivity contribution in [1.82, 2.24) is 34.5 Å². The standard InChI is InChI=1S/C26H32FN9O2/c1-5-21(36-12-10-34(2)11-13-36)24(37)32-23-18-7-6-17(16(18)8-9-28-23)22-19(27)14-29-26(31-22)30-20-15-35(3)33-25(20)38-4/h6,8-9,14-15,21H,5,7,10-13H2,1-4H3,(H,28,32,37)(H,29,30,31). The Morgan fingerprint density at radius 2 is 2.00 bits per heavy atom. The molecule has 1 atom stereocenters. The molecule has 3 aromatic heterocycles. The first kappa shape index (κ1) is 25.7. The van der Waals surface area contributed by atoms with Crippen LogP contribution in [0.1, 0.15) is 30.2 Å². The number of pyridine rings is 1. The minimum atomic E-state index is -0.545. The van der Waals surface area contributed by atoms with Crippen LogP contribution in [0.2, 0.25) is 0 Å². The van der Waals surface area contributed by atoms with E-state index >= 15 is 0 Å². The van der Waals surface area contributed by atoms with Gasteiger partial charge in [0.05, 0.1) is 25.5 Å². The number of allylic oxidation sites excluding steroid dienone is 1. The van der Waals surface area contributed by atoms with E-state index in [-0.39, 0.29) is 23.6 Å². The fourth-order valence-corrected chi connectivity index (χ4v) is 4.98. The van der Waals surface area contributed by atoms with Gasteiger partial charge in [-0.3, -0.25) is 14.4 Å². The van der Waals surface area contributed by atoms with Crippen molar-refractivity contribution < 1.29 is 13.9 Å². The number of carbonyl (C=O) groups excluding carboxylic acids is 1. The molecule has 11 nitrogen and oxygen atoms in total. The first-order valence-corrected chi connectivity index (χ1v) is 12.7. The average Bonchev–Trinajstić information content (AvgIpc) is 3.50. The Balaban J connectivity index is 1.37. The molecule has 1 saturated heterocycles. The Morgan fingerprint density at radius 1 is 1.21 bits per heavy atom. The Hall–Kier alpha value is -3.90. The van der Waals surface area contributed by atoms with Crippen molar-refractivity contribution in [3.63, 3.8) is 0 Å². The van der Waals surface area contributed by atoms with E-state index in [9.17, 15) is 9.18 Å². The van der Waals surface area contributed by atoms with Crippen molar-refractivity contribution in [1.29, 1.82) is 0 Å². The number of halogens is 1. The first-order chi connectivity index (χ1) is 18.4. The van der Waals surface area contributed by atoms with Gasteiger partial charge in [0.1, 0.15) is 17.2 Å². The number of anilines is 3. The number of nitrogens with zero attached hydrogens (tertiary/aromatic N) is 7. The summed E-state index contributed by atoms with van der Waals surface area (Å²) < 4.78 is 21.8. The van der Waals surface area contributed by atoms with Gasteiger partial charge < -0.3 is 20.3 Å². The molecule has 1 aliphatic carbocycles. The van der Waals surface area contributed by atoms with Gasteiger partial charge in [0.2, 0.25) is 11.9 Å². The predicted octanol–water partition coefficient (Wildman–Crippen LogP) is 2.45. The highest BCUT2D eigenvalue weighted by Crippen LogP contribution is 2.36. The number of aryl methyl sites for hydroxylation is 1. The third-order valence-electron chi connectivity index (χ3n) is 7.00. The van der Waals surface area contributed by atoms with E-state index in [0.29, 0.717) is 35.8 Å². The van der Waals surface area contributed by atoms with Gasteiger partial charge in [0, 0.05) is 50.6 Å². The molecule has 12 heteroatoms. The molecule has 5 rings (SSSR count). The number of aromatic nitrogens is 5. The summed E-state index contributed by atoms with van der Waals surface area (Å²) in [6, 6.07) is 1.59. The number of hydrogen-bond acceptors (Lipinski definition) is 9. The number of nitrogens with one attached hydrogen (secondary N) is 2. The Morgan fingerprint density at radius 3 is 2.74 bits per heavy atom. The van der Waals surface area contributed by atoms with Gasteiger partial charge >= 0.3 is 0 Å². The fraction of sp³-hybridized carbons (Fsp3) is 0.423. The van der Waals surface area contributed by atoms with Gasteiger partial charge in [-0.05, 0) is 31.5 Å². The molecule has 2 N–H and O–H groups in total. The second-order valence-corrected chi connectivity index (χ2v) is 9.50. The van der Waals surface area contributed by atoms with Gasteiger partial charge in [-0.25, -0.2) is 19.3 Å². The topological polar surface area (TPSA) is 113 Å². The maximum Gasteiger partial charge on any atom is 0.256 e. The number of amides is 1. The van der Waals surface area contributed by atoms with Crippen molar-refractivity contribution >= 4 is 28.9 Å². The lowest BCUT2D eigenvalue weighted by molar-refractivity contribution is -0.122. The number of carbonyl (C=O) groups is 1. The quantitative estimate of drug-likeness (QED) is 0.461. The molecule has 200 valence electrons. The number of methoxy groups -OCH3 is 1. The molecule has 1 aliphatic heterocycles. The van der Waals surface area contributed by atoms with Crippen LogP contribution in [0.25, 0.3) is 5.57 Å². The smallest absolute Gasteiger partial charge is 0.256 e. The molecule has 0 saturated carbocycles. The van der Waals surface area contributed by atoms with E-state index in [1.54, 1.807) is 24.1 Å². The van der Waals surface area contributed by atoms with Crippen molar-refractivity contribution in [2.75, 3.05) is 51.0 Å². The summed E-state index contributed by atoms with van der Waals surface area (Å²) in [4.78, 5) is 30.8. The zero-order chi connectivity index (χ0) is 26.8. The van der Waals surface area contributed by atoms with Crippen molar-refractivity contribution in [3.8, 4) is 5.88 Å². The molecule has 3 aromatic rings. The summed E-state index contributed by atoms with van der Waals surface area (Å²) in [5, 5.41) is 10.3. The molecule has 0 bridgehead atoms. The predicted molar refractivity (Wildman–Crippen MR) is 142 cm³/mol. The van der Waals surface area contributed by atoms with E-state index in [0.717, 1.165) is 43.5 Å². The molecular weight excluding hydrogens is 489 g/mol. The van der Waals surface area contributed by atoms with Crippen molar-refractivity contribution in [3.05, 3.63) is 53.4 Å². The van der Waals surface area contributed by atoms with Crippen LogP contribution in [0.4, 0.5) is 21.8 Å². The minimum absolute atomic E-state index is 0.0727. The monoisotopic (exact) mass is 521 g/mol. The van der Waals surface area contributed by atoms with Crippen LogP contribution in [-0.4, -0.2) is 86.8 Å². The van der Waals surface area contributed by atoms with Crippen LogP contribution in [0.5, 0.6) is 5.88 Å². The van der Waals surface area contributed by atoms with Crippen LogP contribution in [0.15, 0.2) is 30.7 Å². The zero-order valence-corrected chi connectivity index (χ0v) is 22.0. The van der Waals surface area contributed by atoms with E-state index < -0.39 is 5.82 Å². The van der Waals surface area contributed by atoms with Crippen LogP contribution in [0.3, 0.4) is 0 Å². The zero-order valence-electron chi connectivity index (χ0n) is 22.0. The van der Waals surface area contributed by atoms with Gasteiger partial charge in [-0.1, -0.05) is 13.0 Å². The largest absolute Gasteiger partial charge is 0.478 e. The van der Waals surface area contributed by atoms with E-state index in [1.807, 2.05) is 19.1 Å². The van der Waals surface area contributed by atoms with Gasteiger partial charge in [0.15, 0.2) is 5.82 Å². The van der Waals surface area contributed by atoms with E-state index in [2.05, 4.69) is 47.5 Å². The Labute approximate surface area is 220 Å². The van der Waals surface area contributed by atoms with Crippen LogP contribution in [-0.2, 0) is 18.3 Å². The maximum absolute atomic E-state index is 15.0. The number of fused-ring (bicyclic) bond motifs is 1. The summed E-state index contributed by atoms with van der Waals surface area (Å²) in [6.07, 6.45) is 7.60. The second-order valence-electron chi connectivity index (χ2n) is 9.50. The average molecular weight is 522 g/mol. The molecule has 4 heterocycles. The van der Waals surface area contributed by atoms with Gasteiger partial charge in [-0.2, -0.15) is 0 Å². The minimum Gasteiger partial charge on any atom is -0.478 e. The number of hydrogen-bond donors (Lipinski definition) is 2. The summed E-state index contributed by atoms with van der Waals surface area (Å²) in [6.45, 7) is 5.59. The highest BCUT2D eigenvalue weighted by atomic mass is 19.1. The molecule has 0 radical (unpaired) electrons. The normalized spacial score (nSPS) is 16.6. The molecule has 1 unspecified atom stereocenters. The summed E-state index contributed by atoms with van der Waals surface area (Å²) in [5.41, 5.74) is 2.98. The van der Waals surface area contributed by atoms with E-state index in [1.165, 1.54) is 7.11 Å². The molecule has 38 heavy (non-hydrogen) atoms. The first-order valence-electron chi connectivity index (χ1n) is 12.7. The van der Waals surface area contributed by atoms with Gasteiger partial charge in [-0.15, -0.1) is 5.10 Å². The van der Waals surface area contributed by atoms with E-state index in [4.69, 9.17) is 4.74 Å². The lowest BCUT2D eigenvalue weighted by Gasteiger charge is -2.36. The summed E-state index contributed by atoms with van der Waals surface area (Å²) >= 11 is 0. The molecule has 0 spiro atoms. The summed E-state index contributed by atoms with van der Waals surface area (Å²) in [5.74, 6) is 0.468. The van der Waals surface area contributed by atoms with Crippen LogP contribution in [0, 0.1) is 5.82 Å². The van der Waals surface area contributed by atoms with Crippen molar-refractivity contribution in [2.45, 2.75) is 25.8 Å². The molecule has 1 fully saturated rings. The molecule has 1 amide bonds. The lowest BCUT2D eigenvalue weighted by Crippen LogP contribution is -2.52. The number of likely N-dealkylation sites (N-methyl/N-ethyl adjacent to an activating group) is 1. The highest BCUT2D eigenvalue weighted by Gasteiger charge is 2.29.